The average Bonchev–Trinajstić information content (AvgIpc) is 2.84. The Balaban J connectivity index is 1.50. The van der Waals surface area contributed by atoms with Gasteiger partial charge in [-0.25, -0.2) is 0 Å². The number of amides is 2. The number of rotatable bonds is 9. The molecule has 0 unspecified atom stereocenters. The highest BCUT2D eigenvalue weighted by molar-refractivity contribution is 9.10. The van der Waals surface area contributed by atoms with Crippen LogP contribution in [0.5, 0.6) is 5.75 Å². The van der Waals surface area contributed by atoms with Gasteiger partial charge in [0.15, 0.2) is 5.11 Å². The number of anilines is 1. The van der Waals surface area contributed by atoms with Crippen LogP contribution in [0.3, 0.4) is 0 Å². The standard InChI is InChI=1S/C26H26BrN3O3S/c1-2-3-15-33-23-14-11-20(16-22(23)27)25(32)30-26(34)29-21-12-9-19(10-13-21)24(31)28-17-18-7-5-4-6-8-18/h4-14,16H,2-3,15,17H2,1H3,(H,28,31)(H2,29,30,32,34). The zero-order valence-electron chi connectivity index (χ0n) is 18.8. The second-order valence-electron chi connectivity index (χ2n) is 7.50. The number of nitrogens with one attached hydrogen (secondary N) is 3. The third-order valence-electron chi connectivity index (χ3n) is 4.88. The number of thiocarbonyl (C=S) groups is 1. The predicted molar refractivity (Wildman–Crippen MR) is 142 cm³/mol. The molecule has 176 valence electrons. The minimum atomic E-state index is -0.338. The van der Waals surface area contributed by atoms with E-state index in [0.29, 0.717) is 40.2 Å². The van der Waals surface area contributed by atoms with Crippen molar-refractivity contribution in [2.45, 2.75) is 26.3 Å². The molecule has 3 aromatic carbocycles. The zero-order valence-corrected chi connectivity index (χ0v) is 21.2. The Bertz CT molecular complexity index is 1140. The van der Waals surface area contributed by atoms with E-state index >= 15 is 0 Å². The summed E-state index contributed by atoms with van der Waals surface area (Å²) >= 11 is 8.71. The summed E-state index contributed by atoms with van der Waals surface area (Å²) in [5.41, 5.74) is 2.67. The number of ether oxygens (including phenoxy) is 1. The van der Waals surface area contributed by atoms with Gasteiger partial charge in [0.25, 0.3) is 11.8 Å². The lowest BCUT2D eigenvalue weighted by atomic mass is 10.1. The van der Waals surface area contributed by atoms with E-state index in [9.17, 15) is 9.59 Å². The molecule has 0 bridgehead atoms. The largest absolute Gasteiger partial charge is 0.492 e. The Labute approximate surface area is 213 Å². The molecule has 0 aromatic heterocycles. The maximum absolute atomic E-state index is 12.5. The SMILES string of the molecule is CCCCOc1ccc(C(=O)NC(=S)Nc2ccc(C(=O)NCc3ccccc3)cc2)cc1Br. The number of hydrogen-bond donors (Lipinski definition) is 3. The van der Waals surface area contributed by atoms with Crippen molar-refractivity contribution in [3.05, 3.63) is 94.0 Å². The maximum Gasteiger partial charge on any atom is 0.257 e. The number of carbonyl (C=O) groups is 2. The van der Waals surface area contributed by atoms with Crippen LogP contribution < -0.4 is 20.7 Å². The van der Waals surface area contributed by atoms with Gasteiger partial charge in [-0.15, -0.1) is 0 Å². The second kappa shape index (κ2) is 12.9. The lowest BCUT2D eigenvalue weighted by molar-refractivity contribution is 0.0948. The first kappa shape index (κ1) is 25.4. The van der Waals surface area contributed by atoms with Gasteiger partial charge in [0.2, 0.25) is 0 Å². The van der Waals surface area contributed by atoms with E-state index in [1.54, 1.807) is 42.5 Å². The van der Waals surface area contributed by atoms with Gasteiger partial charge in [0.1, 0.15) is 5.75 Å². The fraction of sp³-hybridized carbons (Fsp3) is 0.192. The molecule has 0 radical (unpaired) electrons. The molecule has 0 aliphatic rings. The molecule has 8 heteroatoms. The fourth-order valence-electron chi connectivity index (χ4n) is 3.01. The Morgan fingerprint density at radius 3 is 2.32 bits per heavy atom. The van der Waals surface area contributed by atoms with Crippen LogP contribution in [0.4, 0.5) is 5.69 Å². The summed E-state index contributed by atoms with van der Waals surface area (Å²) in [6.45, 7) is 3.18. The molecule has 34 heavy (non-hydrogen) atoms. The van der Waals surface area contributed by atoms with E-state index in [4.69, 9.17) is 17.0 Å². The number of halogens is 1. The molecule has 0 aliphatic carbocycles. The summed E-state index contributed by atoms with van der Waals surface area (Å²) in [5, 5.41) is 8.66. The van der Waals surface area contributed by atoms with E-state index in [0.717, 1.165) is 18.4 Å². The molecule has 0 fully saturated rings. The summed E-state index contributed by atoms with van der Waals surface area (Å²) in [5.74, 6) is 0.188. The second-order valence-corrected chi connectivity index (χ2v) is 8.76. The summed E-state index contributed by atoms with van der Waals surface area (Å²) in [4.78, 5) is 24.9. The highest BCUT2D eigenvalue weighted by Crippen LogP contribution is 2.26. The third-order valence-corrected chi connectivity index (χ3v) is 5.70. The van der Waals surface area contributed by atoms with Crippen molar-refractivity contribution in [3.63, 3.8) is 0 Å². The number of benzene rings is 3. The van der Waals surface area contributed by atoms with Crippen LogP contribution in [0.1, 0.15) is 46.0 Å². The van der Waals surface area contributed by atoms with Crippen LogP contribution in [0.15, 0.2) is 77.3 Å². The van der Waals surface area contributed by atoms with Crippen molar-refractivity contribution in [2.24, 2.45) is 0 Å². The Hall–Kier alpha value is -3.23. The minimum absolute atomic E-state index is 0.158. The lowest BCUT2D eigenvalue weighted by Crippen LogP contribution is -2.34. The maximum atomic E-state index is 12.5. The van der Waals surface area contributed by atoms with Crippen LogP contribution >= 0.6 is 28.1 Å². The molecule has 3 rings (SSSR count). The van der Waals surface area contributed by atoms with Crippen LogP contribution in [0.2, 0.25) is 0 Å². The molecule has 0 aliphatic heterocycles. The first-order valence-electron chi connectivity index (χ1n) is 10.9. The van der Waals surface area contributed by atoms with Crippen molar-refractivity contribution in [1.29, 1.82) is 0 Å². The molecule has 0 spiro atoms. The van der Waals surface area contributed by atoms with Crippen molar-refractivity contribution >= 4 is 50.8 Å². The van der Waals surface area contributed by atoms with Crippen molar-refractivity contribution in [3.8, 4) is 5.75 Å². The topological polar surface area (TPSA) is 79.5 Å². The van der Waals surface area contributed by atoms with E-state index < -0.39 is 0 Å². The van der Waals surface area contributed by atoms with Gasteiger partial charge >= 0.3 is 0 Å². The molecule has 2 amide bonds. The Kier molecular flexibility index (Phi) is 9.61. The van der Waals surface area contributed by atoms with E-state index in [1.165, 1.54) is 0 Å². The summed E-state index contributed by atoms with van der Waals surface area (Å²) < 4.78 is 6.40. The Morgan fingerprint density at radius 1 is 0.941 bits per heavy atom. The minimum Gasteiger partial charge on any atom is -0.492 e. The van der Waals surface area contributed by atoms with Crippen LogP contribution in [0.25, 0.3) is 0 Å². The van der Waals surface area contributed by atoms with Gasteiger partial charge in [0, 0.05) is 23.4 Å². The van der Waals surface area contributed by atoms with Gasteiger partial charge in [-0.3, -0.25) is 14.9 Å². The highest BCUT2D eigenvalue weighted by Gasteiger charge is 2.12. The normalized spacial score (nSPS) is 10.3. The third kappa shape index (κ3) is 7.67. The molecule has 3 N–H and O–H groups in total. The zero-order chi connectivity index (χ0) is 24.3. The quantitative estimate of drug-likeness (QED) is 0.240. The number of carbonyl (C=O) groups excluding carboxylic acids is 2. The molecule has 0 heterocycles. The molecule has 3 aromatic rings. The van der Waals surface area contributed by atoms with Crippen LogP contribution in [0, 0.1) is 0 Å². The highest BCUT2D eigenvalue weighted by atomic mass is 79.9. The monoisotopic (exact) mass is 539 g/mol. The van der Waals surface area contributed by atoms with E-state index in [1.807, 2.05) is 30.3 Å². The van der Waals surface area contributed by atoms with Crippen molar-refractivity contribution < 1.29 is 14.3 Å². The number of unbranched alkanes of at least 4 members (excludes halogenated alkanes) is 1. The lowest BCUT2D eigenvalue weighted by Gasteiger charge is -2.12. The summed E-state index contributed by atoms with van der Waals surface area (Å²) in [7, 11) is 0. The van der Waals surface area contributed by atoms with E-state index in [-0.39, 0.29) is 16.9 Å². The molecule has 0 atom stereocenters. The fourth-order valence-corrected chi connectivity index (χ4v) is 3.71. The van der Waals surface area contributed by atoms with Gasteiger partial charge in [0.05, 0.1) is 11.1 Å². The van der Waals surface area contributed by atoms with Crippen molar-refractivity contribution in [2.75, 3.05) is 11.9 Å². The molecule has 0 saturated heterocycles. The molecule has 6 nitrogen and oxygen atoms in total. The van der Waals surface area contributed by atoms with Gasteiger partial charge in [-0.05, 0) is 82.6 Å². The molecular weight excluding hydrogens is 514 g/mol. The van der Waals surface area contributed by atoms with Gasteiger partial charge in [-0.2, -0.15) is 0 Å². The smallest absolute Gasteiger partial charge is 0.257 e. The van der Waals surface area contributed by atoms with Gasteiger partial charge in [-0.1, -0.05) is 43.7 Å². The average molecular weight is 540 g/mol. The first-order valence-corrected chi connectivity index (χ1v) is 12.1. The Morgan fingerprint density at radius 2 is 1.65 bits per heavy atom. The predicted octanol–water partition coefficient (Wildman–Crippen LogP) is 5.68. The molecule has 0 saturated carbocycles. The van der Waals surface area contributed by atoms with E-state index in [2.05, 4.69) is 38.8 Å². The first-order chi connectivity index (χ1) is 16.5. The van der Waals surface area contributed by atoms with Crippen molar-refractivity contribution in [1.82, 2.24) is 10.6 Å². The summed E-state index contributed by atoms with van der Waals surface area (Å²) in [6, 6.07) is 21.7. The summed E-state index contributed by atoms with van der Waals surface area (Å²) in [6.07, 6.45) is 2.01. The number of hydrogen-bond acceptors (Lipinski definition) is 4. The van der Waals surface area contributed by atoms with Crippen LogP contribution in [-0.2, 0) is 6.54 Å². The van der Waals surface area contributed by atoms with Gasteiger partial charge < -0.3 is 15.4 Å². The molecular formula is C26H26BrN3O3S. The van der Waals surface area contributed by atoms with Crippen LogP contribution in [-0.4, -0.2) is 23.5 Å².